The van der Waals surface area contributed by atoms with Gasteiger partial charge in [0.05, 0.1) is 12.0 Å². The molecule has 0 amide bonds. The Balaban J connectivity index is 1.24. The van der Waals surface area contributed by atoms with Crippen molar-refractivity contribution in [1.82, 2.24) is 4.90 Å². The summed E-state index contributed by atoms with van der Waals surface area (Å²) in [6, 6.07) is 12.2. The maximum Gasteiger partial charge on any atom is 0.534 e. The Labute approximate surface area is 211 Å². The molecule has 2 fully saturated rings. The molecule has 12 heteroatoms. The zero-order valence-electron chi connectivity index (χ0n) is 19.8. The molecular weight excluding hydrogens is 524 g/mol. The number of likely N-dealkylation sites (tertiary alicyclic amines) is 1. The average molecular weight is 552 g/mol. The Bertz CT molecular complexity index is 1150. The van der Waals surface area contributed by atoms with Gasteiger partial charge in [-0.2, -0.15) is 34.8 Å². The van der Waals surface area contributed by atoms with Crippen molar-refractivity contribution in [2.24, 2.45) is 11.3 Å². The topological polar surface area (TPSA) is 55.8 Å². The highest BCUT2D eigenvalue weighted by atomic mass is 32.2. The van der Waals surface area contributed by atoms with Gasteiger partial charge >= 0.3 is 21.8 Å². The standard InChI is InChI=1S/C25H27F6NO4S/c26-24(27,28)23(12-1-13-23)17-32-14-10-18(11-15-32)16-35-21-6-2-19(3-7-21)20-4-8-22(9-5-20)36-37(33,34)25(29,30)31/h2-9,18H,1,10-17H2. The molecule has 2 aromatic rings. The lowest BCUT2D eigenvalue weighted by Gasteiger charge is -2.47. The second kappa shape index (κ2) is 10.4. The highest BCUT2D eigenvalue weighted by Gasteiger charge is 2.58. The number of rotatable bonds is 8. The lowest BCUT2D eigenvalue weighted by Crippen LogP contribution is -2.53. The van der Waals surface area contributed by atoms with Gasteiger partial charge in [0.1, 0.15) is 11.5 Å². The van der Waals surface area contributed by atoms with E-state index < -0.39 is 33.0 Å². The smallest absolute Gasteiger partial charge is 0.493 e. The zero-order valence-corrected chi connectivity index (χ0v) is 20.6. The van der Waals surface area contributed by atoms with Crippen LogP contribution in [0.5, 0.6) is 11.5 Å². The van der Waals surface area contributed by atoms with Gasteiger partial charge < -0.3 is 13.8 Å². The molecule has 1 aliphatic carbocycles. The molecular formula is C25H27F6NO4S. The summed E-state index contributed by atoms with van der Waals surface area (Å²) in [5.74, 6) is 0.418. The Morgan fingerprint density at radius 1 is 0.838 bits per heavy atom. The maximum atomic E-state index is 13.4. The van der Waals surface area contributed by atoms with E-state index in [4.69, 9.17) is 4.74 Å². The molecule has 0 N–H and O–H groups in total. The summed E-state index contributed by atoms with van der Waals surface area (Å²) in [5.41, 5.74) is -5.67. The van der Waals surface area contributed by atoms with Crippen LogP contribution in [0.15, 0.2) is 48.5 Å². The van der Waals surface area contributed by atoms with Crippen molar-refractivity contribution in [3.05, 3.63) is 48.5 Å². The van der Waals surface area contributed by atoms with Crippen molar-refractivity contribution in [2.45, 2.75) is 43.8 Å². The van der Waals surface area contributed by atoms with Crippen LogP contribution in [0.1, 0.15) is 32.1 Å². The van der Waals surface area contributed by atoms with Crippen LogP contribution >= 0.6 is 0 Å². The number of piperidine rings is 1. The van der Waals surface area contributed by atoms with Crippen LogP contribution < -0.4 is 8.92 Å². The molecule has 0 aromatic heterocycles. The van der Waals surface area contributed by atoms with Gasteiger partial charge in [-0.05, 0) is 80.1 Å². The summed E-state index contributed by atoms with van der Waals surface area (Å²) in [6.45, 7) is 1.78. The van der Waals surface area contributed by atoms with Gasteiger partial charge in [-0.3, -0.25) is 0 Å². The molecule has 4 rings (SSSR count). The van der Waals surface area contributed by atoms with E-state index >= 15 is 0 Å². The summed E-state index contributed by atoms with van der Waals surface area (Å²) in [6.07, 6.45) is -1.55. The molecule has 5 nitrogen and oxygen atoms in total. The molecule has 2 aliphatic rings. The van der Waals surface area contributed by atoms with Crippen molar-refractivity contribution < 1.29 is 43.7 Å². The number of hydrogen-bond acceptors (Lipinski definition) is 5. The highest BCUT2D eigenvalue weighted by molar-refractivity contribution is 7.88. The number of nitrogens with zero attached hydrogens (tertiary/aromatic N) is 1. The number of hydrogen-bond donors (Lipinski definition) is 0. The molecule has 0 unspecified atom stereocenters. The van der Waals surface area contributed by atoms with Crippen molar-refractivity contribution in [3.63, 3.8) is 0 Å². The van der Waals surface area contributed by atoms with Crippen LogP contribution in [0.3, 0.4) is 0 Å². The molecule has 0 radical (unpaired) electrons. The molecule has 1 saturated heterocycles. The predicted octanol–water partition coefficient (Wildman–Crippen LogP) is 6.41. The predicted molar refractivity (Wildman–Crippen MR) is 124 cm³/mol. The van der Waals surface area contributed by atoms with Crippen molar-refractivity contribution >= 4 is 10.1 Å². The van der Waals surface area contributed by atoms with Gasteiger partial charge in [-0.15, -0.1) is 0 Å². The van der Waals surface area contributed by atoms with Crippen LogP contribution in [0.2, 0.25) is 0 Å². The third-order valence-corrected chi connectivity index (χ3v) is 8.14. The second-order valence-electron chi connectivity index (χ2n) is 9.69. The van der Waals surface area contributed by atoms with Crippen molar-refractivity contribution in [2.75, 3.05) is 26.2 Å². The van der Waals surface area contributed by atoms with E-state index in [9.17, 15) is 34.8 Å². The fourth-order valence-electron chi connectivity index (χ4n) is 4.71. The number of alkyl halides is 6. The van der Waals surface area contributed by atoms with Gasteiger partial charge in [0, 0.05) is 6.54 Å². The molecule has 0 spiro atoms. The average Bonchev–Trinajstić information content (AvgIpc) is 2.80. The number of halogens is 6. The first-order valence-corrected chi connectivity index (χ1v) is 13.3. The SMILES string of the molecule is O=S(=O)(Oc1ccc(-c2ccc(OCC3CCN(CC4(C(F)(F)F)CCC4)CC3)cc2)cc1)C(F)(F)F. The minimum atomic E-state index is -5.73. The van der Waals surface area contributed by atoms with Crippen molar-refractivity contribution in [1.29, 1.82) is 0 Å². The highest BCUT2D eigenvalue weighted by Crippen LogP contribution is 2.53. The normalized spacial score (nSPS) is 19.3. The number of ether oxygens (including phenoxy) is 1. The lowest BCUT2D eigenvalue weighted by molar-refractivity contribution is -0.256. The van der Waals surface area contributed by atoms with Crippen LogP contribution in [-0.2, 0) is 10.1 Å². The minimum absolute atomic E-state index is 0.0801. The molecule has 37 heavy (non-hydrogen) atoms. The van der Waals surface area contributed by atoms with Crippen LogP contribution in [0.4, 0.5) is 26.3 Å². The van der Waals surface area contributed by atoms with Gasteiger partial charge in [0.15, 0.2) is 0 Å². The fourth-order valence-corrected chi connectivity index (χ4v) is 5.17. The fraction of sp³-hybridized carbons (Fsp3) is 0.520. The third-order valence-electron chi connectivity index (χ3n) is 7.16. The van der Waals surface area contributed by atoms with Crippen LogP contribution in [0, 0.1) is 11.3 Å². The van der Waals surface area contributed by atoms with E-state index in [2.05, 4.69) is 4.18 Å². The molecule has 1 saturated carbocycles. The molecule has 204 valence electrons. The van der Waals surface area contributed by atoms with Crippen LogP contribution in [-0.4, -0.2) is 51.2 Å². The van der Waals surface area contributed by atoms with Gasteiger partial charge in [0.2, 0.25) is 0 Å². The molecule has 0 bridgehead atoms. The monoisotopic (exact) mass is 551 g/mol. The van der Waals surface area contributed by atoms with E-state index in [1.807, 2.05) is 4.90 Å². The first-order valence-electron chi connectivity index (χ1n) is 11.9. The van der Waals surface area contributed by atoms with E-state index in [0.717, 1.165) is 30.5 Å². The molecule has 2 aromatic carbocycles. The Hall–Kier alpha value is -2.47. The third kappa shape index (κ3) is 6.34. The summed E-state index contributed by atoms with van der Waals surface area (Å²) >= 11 is 0. The van der Waals surface area contributed by atoms with E-state index in [0.29, 0.717) is 37.4 Å². The molecule has 1 heterocycles. The lowest BCUT2D eigenvalue weighted by atomic mass is 9.67. The summed E-state index contributed by atoms with van der Waals surface area (Å²) in [7, 11) is -5.73. The molecule has 1 aliphatic heterocycles. The van der Waals surface area contributed by atoms with Gasteiger partial charge in [0.25, 0.3) is 0 Å². The van der Waals surface area contributed by atoms with Crippen molar-refractivity contribution in [3.8, 4) is 22.6 Å². The first kappa shape index (κ1) is 27.6. The zero-order chi connectivity index (χ0) is 26.9. The first-order chi connectivity index (χ1) is 17.3. The summed E-state index contributed by atoms with van der Waals surface area (Å²) in [4.78, 5) is 1.92. The molecule has 0 atom stereocenters. The van der Waals surface area contributed by atoms with E-state index in [1.165, 1.54) is 12.1 Å². The Morgan fingerprint density at radius 3 is 1.78 bits per heavy atom. The van der Waals surface area contributed by atoms with Crippen LogP contribution in [0.25, 0.3) is 11.1 Å². The summed E-state index contributed by atoms with van der Waals surface area (Å²) < 4.78 is 110. The van der Waals surface area contributed by atoms with E-state index in [-0.39, 0.29) is 25.3 Å². The minimum Gasteiger partial charge on any atom is -0.493 e. The Kier molecular flexibility index (Phi) is 7.72. The maximum absolute atomic E-state index is 13.4. The van der Waals surface area contributed by atoms with Gasteiger partial charge in [-0.25, -0.2) is 0 Å². The van der Waals surface area contributed by atoms with Gasteiger partial charge in [-0.1, -0.05) is 30.7 Å². The second-order valence-corrected chi connectivity index (χ2v) is 11.2. The largest absolute Gasteiger partial charge is 0.534 e. The number of benzene rings is 2. The summed E-state index contributed by atoms with van der Waals surface area (Å²) in [5, 5.41) is 0. The Morgan fingerprint density at radius 2 is 1.35 bits per heavy atom. The quantitative estimate of drug-likeness (QED) is 0.216. The van der Waals surface area contributed by atoms with E-state index in [1.54, 1.807) is 24.3 Å².